The van der Waals surface area contributed by atoms with Crippen molar-refractivity contribution in [1.82, 2.24) is 10.2 Å². The Morgan fingerprint density at radius 1 is 1.46 bits per heavy atom. The van der Waals surface area contributed by atoms with E-state index >= 15 is 0 Å². The Kier molecular flexibility index (Phi) is 3.49. The van der Waals surface area contributed by atoms with E-state index in [9.17, 15) is 0 Å². The van der Waals surface area contributed by atoms with Crippen LogP contribution in [0.3, 0.4) is 0 Å². The number of nitrogen functional groups attached to an aromatic ring is 1. The van der Waals surface area contributed by atoms with Crippen LogP contribution in [0.15, 0.2) is 12.1 Å². The van der Waals surface area contributed by atoms with Gasteiger partial charge in [-0.25, -0.2) is 0 Å². The lowest BCUT2D eigenvalue weighted by molar-refractivity contribution is 0.592. The summed E-state index contributed by atoms with van der Waals surface area (Å²) < 4.78 is 0. The van der Waals surface area contributed by atoms with Gasteiger partial charge in [0.2, 0.25) is 0 Å². The molecule has 1 rings (SSSR count). The molecule has 1 unspecified atom stereocenters. The van der Waals surface area contributed by atoms with Crippen LogP contribution in [0.4, 0.5) is 11.6 Å². The SMILES string of the molecule is CCC(C)CNc1ccc(N)nn1. The Hall–Kier alpha value is -1.32. The molecule has 0 saturated heterocycles. The van der Waals surface area contributed by atoms with Gasteiger partial charge in [-0.1, -0.05) is 20.3 Å². The van der Waals surface area contributed by atoms with Crippen LogP contribution in [-0.4, -0.2) is 16.7 Å². The van der Waals surface area contributed by atoms with Crippen molar-refractivity contribution >= 4 is 11.6 Å². The van der Waals surface area contributed by atoms with Crippen molar-refractivity contribution in [2.45, 2.75) is 20.3 Å². The van der Waals surface area contributed by atoms with Crippen molar-refractivity contribution in [3.63, 3.8) is 0 Å². The first-order valence-corrected chi connectivity index (χ1v) is 4.55. The second kappa shape index (κ2) is 4.64. The molecule has 4 nitrogen and oxygen atoms in total. The molecule has 4 heteroatoms. The third kappa shape index (κ3) is 3.27. The first-order valence-electron chi connectivity index (χ1n) is 4.55. The fraction of sp³-hybridized carbons (Fsp3) is 0.556. The fourth-order valence-electron chi connectivity index (χ4n) is 0.860. The molecule has 13 heavy (non-hydrogen) atoms. The van der Waals surface area contributed by atoms with Gasteiger partial charge in [0.25, 0.3) is 0 Å². The molecule has 1 atom stereocenters. The minimum Gasteiger partial charge on any atom is -0.382 e. The molecule has 72 valence electrons. The largest absolute Gasteiger partial charge is 0.382 e. The molecule has 0 radical (unpaired) electrons. The van der Waals surface area contributed by atoms with E-state index in [2.05, 4.69) is 29.4 Å². The quantitative estimate of drug-likeness (QED) is 0.737. The van der Waals surface area contributed by atoms with Crippen LogP contribution in [0.2, 0.25) is 0 Å². The zero-order valence-corrected chi connectivity index (χ0v) is 8.12. The van der Waals surface area contributed by atoms with Gasteiger partial charge < -0.3 is 11.1 Å². The van der Waals surface area contributed by atoms with Gasteiger partial charge in [0.05, 0.1) is 0 Å². The normalized spacial score (nSPS) is 12.5. The van der Waals surface area contributed by atoms with Crippen LogP contribution in [-0.2, 0) is 0 Å². The summed E-state index contributed by atoms with van der Waals surface area (Å²) in [6, 6.07) is 3.58. The molecule has 0 saturated carbocycles. The van der Waals surface area contributed by atoms with Gasteiger partial charge >= 0.3 is 0 Å². The van der Waals surface area contributed by atoms with Crippen LogP contribution in [0, 0.1) is 5.92 Å². The van der Waals surface area contributed by atoms with Gasteiger partial charge in [-0.15, -0.1) is 10.2 Å². The molecule has 1 aromatic rings. The summed E-state index contributed by atoms with van der Waals surface area (Å²) >= 11 is 0. The van der Waals surface area contributed by atoms with E-state index in [0.717, 1.165) is 18.8 Å². The van der Waals surface area contributed by atoms with E-state index in [-0.39, 0.29) is 0 Å². The average Bonchev–Trinajstić information content (AvgIpc) is 2.16. The van der Waals surface area contributed by atoms with Gasteiger partial charge in [-0.05, 0) is 18.1 Å². The number of hydrogen-bond acceptors (Lipinski definition) is 4. The lowest BCUT2D eigenvalue weighted by Gasteiger charge is -2.09. The number of anilines is 2. The summed E-state index contributed by atoms with van der Waals surface area (Å²) in [6.45, 7) is 5.29. The minimum absolute atomic E-state index is 0.453. The molecular formula is C9H16N4. The molecule has 0 amide bonds. The molecule has 0 aliphatic carbocycles. The van der Waals surface area contributed by atoms with Crippen LogP contribution < -0.4 is 11.1 Å². The van der Waals surface area contributed by atoms with Gasteiger partial charge in [0.15, 0.2) is 0 Å². The van der Waals surface area contributed by atoms with E-state index in [1.165, 1.54) is 0 Å². The maximum Gasteiger partial charge on any atom is 0.148 e. The highest BCUT2D eigenvalue weighted by Gasteiger charge is 1.99. The Labute approximate surface area is 78.6 Å². The highest BCUT2D eigenvalue weighted by molar-refractivity contribution is 5.38. The van der Waals surface area contributed by atoms with E-state index in [1.54, 1.807) is 6.07 Å². The fourth-order valence-corrected chi connectivity index (χ4v) is 0.860. The Bertz CT molecular complexity index is 244. The van der Waals surface area contributed by atoms with Gasteiger partial charge in [0, 0.05) is 6.54 Å². The number of aromatic nitrogens is 2. The molecule has 1 heterocycles. The van der Waals surface area contributed by atoms with E-state index in [0.29, 0.717) is 11.7 Å². The molecule has 0 aliphatic rings. The van der Waals surface area contributed by atoms with Gasteiger partial charge in [0.1, 0.15) is 11.6 Å². The predicted molar refractivity (Wildman–Crippen MR) is 54.4 cm³/mol. The van der Waals surface area contributed by atoms with Crippen molar-refractivity contribution in [1.29, 1.82) is 0 Å². The smallest absolute Gasteiger partial charge is 0.148 e. The van der Waals surface area contributed by atoms with Crippen LogP contribution in [0.5, 0.6) is 0 Å². The van der Waals surface area contributed by atoms with Crippen LogP contribution >= 0.6 is 0 Å². The van der Waals surface area contributed by atoms with Crippen LogP contribution in [0.25, 0.3) is 0 Å². The summed E-state index contributed by atoms with van der Waals surface area (Å²) in [5, 5.41) is 10.8. The second-order valence-corrected chi connectivity index (χ2v) is 3.24. The Morgan fingerprint density at radius 2 is 2.23 bits per heavy atom. The number of hydrogen-bond donors (Lipinski definition) is 2. The number of rotatable bonds is 4. The molecular weight excluding hydrogens is 164 g/mol. The predicted octanol–water partition coefficient (Wildman–Crippen LogP) is 1.52. The second-order valence-electron chi connectivity index (χ2n) is 3.24. The molecule has 3 N–H and O–H groups in total. The monoisotopic (exact) mass is 180 g/mol. The van der Waals surface area contributed by atoms with Crippen molar-refractivity contribution in [3.8, 4) is 0 Å². The van der Waals surface area contributed by atoms with Crippen molar-refractivity contribution in [2.75, 3.05) is 17.6 Å². The minimum atomic E-state index is 0.453. The molecule has 1 aromatic heterocycles. The van der Waals surface area contributed by atoms with Crippen molar-refractivity contribution in [3.05, 3.63) is 12.1 Å². The number of nitrogens with two attached hydrogens (primary N) is 1. The average molecular weight is 180 g/mol. The third-order valence-corrected chi connectivity index (χ3v) is 2.01. The van der Waals surface area contributed by atoms with Gasteiger partial charge in [-0.3, -0.25) is 0 Å². The molecule has 0 spiro atoms. The highest BCUT2D eigenvalue weighted by Crippen LogP contribution is 2.05. The molecule has 0 aliphatic heterocycles. The van der Waals surface area contributed by atoms with E-state index in [1.807, 2.05) is 6.07 Å². The first kappa shape index (κ1) is 9.77. The van der Waals surface area contributed by atoms with Crippen molar-refractivity contribution in [2.24, 2.45) is 5.92 Å². The molecule has 0 fully saturated rings. The lowest BCUT2D eigenvalue weighted by atomic mass is 10.1. The summed E-state index contributed by atoms with van der Waals surface area (Å²) in [4.78, 5) is 0. The molecule has 0 bridgehead atoms. The summed E-state index contributed by atoms with van der Waals surface area (Å²) in [5.74, 6) is 1.89. The maximum atomic E-state index is 5.41. The Balaban J connectivity index is 2.41. The van der Waals surface area contributed by atoms with Gasteiger partial charge in [-0.2, -0.15) is 0 Å². The third-order valence-electron chi connectivity index (χ3n) is 2.01. The van der Waals surface area contributed by atoms with E-state index < -0.39 is 0 Å². The zero-order chi connectivity index (χ0) is 9.68. The lowest BCUT2D eigenvalue weighted by Crippen LogP contribution is -2.11. The zero-order valence-electron chi connectivity index (χ0n) is 8.12. The summed E-state index contributed by atoms with van der Waals surface area (Å²) in [7, 11) is 0. The summed E-state index contributed by atoms with van der Waals surface area (Å²) in [6.07, 6.45) is 1.16. The van der Waals surface area contributed by atoms with Crippen molar-refractivity contribution < 1.29 is 0 Å². The summed E-state index contributed by atoms with van der Waals surface area (Å²) in [5.41, 5.74) is 5.41. The molecule has 0 aromatic carbocycles. The highest BCUT2D eigenvalue weighted by atomic mass is 15.2. The number of nitrogens with zero attached hydrogens (tertiary/aromatic N) is 2. The van der Waals surface area contributed by atoms with Crippen LogP contribution in [0.1, 0.15) is 20.3 Å². The Morgan fingerprint density at radius 3 is 2.77 bits per heavy atom. The first-order chi connectivity index (χ1) is 6.22. The maximum absolute atomic E-state index is 5.41. The van der Waals surface area contributed by atoms with E-state index in [4.69, 9.17) is 5.73 Å². The number of nitrogens with one attached hydrogen (secondary N) is 1. The topological polar surface area (TPSA) is 63.8 Å². The standard InChI is InChI=1S/C9H16N4/c1-3-7(2)6-11-9-5-4-8(10)12-13-9/h4-5,7H,3,6H2,1-2H3,(H2,10,12)(H,11,13).